The van der Waals surface area contributed by atoms with Gasteiger partial charge in [0.1, 0.15) is 0 Å². The van der Waals surface area contributed by atoms with Crippen molar-refractivity contribution in [2.45, 2.75) is 0 Å². The molecule has 0 aliphatic heterocycles. The number of pyridine rings is 1. The molecule has 1 heterocycles. The molecule has 120 valence electrons. The van der Waals surface area contributed by atoms with Gasteiger partial charge in [-0.05, 0) is 28.8 Å². The molecule has 1 heteroatoms. The van der Waals surface area contributed by atoms with Crippen LogP contribution in [0.4, 0.5) is 0 Å². The van der Waals surface area contributed by atoms with Crippen molar-refractivity contribution in [3.63, 3.8) is 0 Å². The van der Waals surface area contributed by atoms with Crippen molar-refractivity contribution in [2.24, 2.45) is 0 Å². The maximum Gasteiger partial charge on any atom is 0.0273 e. The average molecular weight is 313 g/mol. The maximum atomic E-state index is 3.85. The molecule has 0 N–H and O–H groups in total. The number of rotatable bonds is 3. The van der Waals surface area contributed by atoms with Gasteiger partial charge in [-0.15, -0.1) is 0 Å². The molecular weight excluding hydrogens is 290 g/mol. The van der Waals surface area contributed by atoms with E-state index in [0.29, 0.717) is 0 Å². The van der Waals surface area contributed by atoms with Crippen LogP contribution in [0.15, 0.2) is 105 Å². The van der Waals surface area contributed by atoms with Crippen LogP contribution in [0.1, 0.15) is 16.7 Å². The van der Waals surface area contributed by atoms with Crippen LogP contribution >= 0.6 is 0 Å². The van der Waals surface area contributed by atoms with Gasteiger partial charge in [0, 0.05) is 12.4 Å². The van der Waals surface area contributed by atoms with E-state index in [0.717, 1.165) is 5.56 Å². The first-order valence-corrected chi connectivity index (χ1v) is 7.67. The second-order valence-corrected chi connectivity index (χ2v) is 4.71. The third kappa shape index (κ3) is 8.30. The molecule has 0 aliphatic rings. The van der Waals surface area contributed by atoms with Crippen LogP contribution in [0.3, 0.4) is 0 Å². The number of benzene rings is 2. The minimum atomic E-state index is 1.11. The first-order valence-electron chi connectivity index (χ1n) is 7.67. The molecule has 0 spiro atoms. The van der Waals surface area contributed by atoms with Gasteiger partial charge in [0.15, 0.2) is 0 Å². The lowest BCUT2D eigenvalue weighted by atomic mass is 10.2. The van der Waals surface area contributed by atoms with Gasteiger partial charge in [-0.1, -0.05) is 98.6 Å². The predicted molar refractivity (Wildman–Crippen MR) is 107 cm³/mol. The van der Waals surface area contributed by atoms with Crippen molar-refractivity contribution in [1.29, 1.82) is 0 Å². The van der Waals surface area contributed by atoms with E-state index in [1.54, 1.807) is 18.5 Å². The van der Waals surface area contributed by atoms with E-state index in [4.69, 9.17) is 0 Å². The summed E-state index contributed by atoms with van der Waals surface area (Å²) in [6, 6.07) is 23.9. The highest BCUT2D eigenvalue weighted by Crippen LogP contribution is 1.98. The third-order valence-corrected chi connectivity index (χ3v) is 3.01. The number of hydrogen-bond donors (Lipinski definition) is 0. The summed E-state index contributed by atoms with van der Waals surface area (Å²) in [4.78, 5) is 3.85. The summed E-state index contributed by atoms with van der Waals surface area (Å²) in [5.41, 5.74) is 3.46. The van der Waals surface area contributed by atoms with Crippen molar-refractivity contribution >= 4 is 18.2 Å². The summed E-state index contributed by atoms with van der Waals surface area (Å²) in [6.45, 7) is 10.9. The molecule has 0 amide bonds. The first kappa shape index (κ1) is 18.9. The van der Waals surface area contributed by atoms with E-state index in [2.05, 4.69) is 24.7 Å². The van der Waals surface area contributed by atoms with Crippen LogP contribution in [0.25, 0.3) is 18.2 Å². The Morgan fingerprint density at radius 3 is 1.08 bits per heavy atom. The molecular formula is C23H23N. The van der Waals surface area contributed by atoms with Crippen LogP contribution in [0.2, 0.25) is 0 Å². The van der Waals surface area contributed by atoms with Crippen molar-refractivity contribution in [1.82, 2.24) is 4.98 Å². The van der Waals surface area contributed by atoms with Crippen LogP contribution < -0.4 is 0 Å². The Kier molecular flexibility index (Phi) is 9.71. The third-order valence-electron chi connectivity index (χ3n) is 3.01. The van der Waals surface area contributed by atoms with Crippen molar-refractivity contribution in [2.75, 3.05) is 0 Å². The Hall–Kier alpha value is -3.19. The summed E-state index contributed by atoms with van der Waals surface area (Å²) < 4.78 is 0. The average Bonchev–Trinajstić information content (AvgIpc) is 2.71. The van der Waals surface area contributed by atoms with Gasteiger partial charge in [-0.3, -0.25) is 4.98 Å². The quantitative estimate of drug-likeness (QED) is 0.546. The number of nitrogens with zero attached hydrogens (tertiary/aromatic N) is 1. The second-order valence-electron chi connectivity index (χ2n) is 4.71. The molecule has 3 aromatic rings. The Labute approximate surface area is 145 Å². The molecule has 1 aromatic heterocycles. The molecule has 0 unspecified atom stereocenters. The van der Waals surface area contributed by atoms with Gasteiger partial charge < -0.3 is 0 Å². The number of aromatic nitrogens is 1. The fourth-order valence-corrected chi connectivity index (χ4v) is 1.68. The summed E-state index contributed by atoms with van der Waals surface area (Å²) in [5, 5.41) is 0. The summed E-state index contributed by atoms with van der Waals surface area (Å²) in [5.74, 6) is 0. The van der Waals surface area contributed by atoms with E-state index in [1.807, 2.05) is 84.9 Å². The molecule has 0 bridgehead atoms. The van der Waals surface area contributed by atoms with Gasteiger partial charge >= 0.3 is 0 Å². The lowest BCUT2D eigenvalue weighted by molar-refractivity contribution is 1.32. The van der Waals surface area contributed by atoms with Gasteiger partial charge in [-0.25, -0.2) is 0 Å². The minimum absolute atomic E-state index is 1.11. The van der Waals surface area contributed by atoms with E-state index >= 15 is 0 Å². The Morgan fingerprint density at radius 1 is 0.500 bits per heavy atom. The maximum absolute atomic E-state index is 3.85. The monoisotopic (exact) mass is 313 g/mol. The van der Waals surface area contributed by atoms with E-state index < -0.39 is 0 Å². The predicted octanol–water partition coefficient (Wildman–Crippen LogP) is 6.38. The Morgan fingerprint density at radius 2 is 0.833 bits per heavy atom. The molecule has 2 aromatic carbocycles. The summed E-state index contributed by atoms with van der Waals surface area (Å²) in [6.07, 6.45) is 8.95. The fourth-order valence-electron chi connectivity index (χ4n) is 1.68. The smallest absolute Gasteiger partial charge is 0.0273 e. The molecule has 3 rings (SSSR count). The highest BCUT2D eigenvalue weighted by atomic mass is 14.6. The highest BCUT2D eigenvalue weighted by molar-refractivity contribution is 5.46. The molecule has 1 nitrogen and oxygen atoms in total. The largest absolute Gasteiger partial charge is 0.265 e. The second kappa shape index (κ2) is 12.4. The lowest BCUT2D eigenvalue weighted by Crippen LogP contribution is -1.69. The zero-order valence-corrected chi connectivity index (χ0v) is 13.9. The normalized spacial score (nSPS) is 8.50. The zero-order valence-electron chi connectivity index (χ0n) is 13.9. The SMILES string of the molecule is C=Cc1ccccc1.C=Cc1ccccc1.C=Cc1ccncc1. The molecule has 0 atom stereocenters. The van der Waals surface area contributed by atoms with Crippen LogP contribution in [0, 0.1) is 0 Å². The molecule has 0 saturated carbocycles. The van der Waals surface area contributed by atoms with Crippen LogP contribution in [-0.4, -0.2) is 4.98 Å². The molecule has 0 aliphatic carbocycles. The highest BCUT2D eigenvalue weighted by Gasteiger charge is 1.77. The summed E-state index contributed by atoms with van der Waals surface area (Å²) >= 11 is 0. The number of hydrogen-bond acceptors (Lipinski definition) is 1. The van der Waals surface area contributed by atoms with Gasteiger partial charge in [0.2, 0.25) is 0 Å². The van der Waals surface area contributed by atoms with Gasteiger partial charge in [0.05, 0.1) is 0 Å². The van der Waals surface area contributed by atoms with Gasteiger partial charge in [-0.2, -0.15) is 0 Å². The Balaban J connectivity index is 0.000000180. The van der Waals surface area contributed by atoms with Crippen LogP contribution in [-0.2, 0) is 0 Å². The molecule has 0 radical (unpaired) electrons. The summed E-state index contributed by atoms with van der Waals surface area (Å²) in [7, 11) is 0. The molecule has 0 saturated heterocycles. The van der Waals surface area contributed by atoms with Crippen molar-refractivity contribution < 1.29 is 0 Å². The minimum Gasteiger partial charge on any atom is -0.265 e. The fraction of sp³-hybridized carbons (Fsp3) is 0. The van der Waals surface area contributed by atoms with E-state index in [1.165, 1.54) is 11.1 Å². The van der Waals surface area contributed by atoms with Crippen molar-refractivity contribution in [3.05, 3.63) is 122 Å². The van der Waals surface area contributed by atoms with E-state index in [-0.39, 0.29) is 0 Å². The van der Waals surface area contributed by atoms with Gasteiger partial charge in [0.25, 0.3) is 0 Å². The first-order chi connectivity index (χ1) is 11.8. The lowest BCUT2D eigenvalue weighted by Gasteiger charge is -1.85. The standard InChI is InChI=1S/2C8H8.C7H7N/c2*1-2-8-6-4-3-5-7-8;1-2-7-3-5-8-6-4-7/h2*2-7H,1H2;2-6H,1H2. The topological polar surface area (TPSA) is 12.9 Å². The van der Waals surface area contributed by atoms with Crippen LogP contribution in [0.5, 0.6) is 0 Å². The molecule has 0 fully saturated rings. The molecule has 24 heavy (non-hydrogen) atoms. The van der Waals surface area contributed by atoms with E-state index in [9.17, 15) is 0 Å². The zero-order chi connectivity index (χ0) is 17.5. The Bertz CT molecular complexity index is 597. The van der Waals surface area contributed by atoms with Crippen molar-refractivity contribution in [3.8, 4) is 0 Å².